The number of halogens is 3. The van der Waals surface area contributed by atoms with Crippen LogP contribution in [0.4, 0.5) is 4.39 Å². The Kier molecular flexibility index (Phi) is 9.02. The van der Waals surface area contributed by atoms with Gasteiger partial charge in [0.25, 0.3) is 0 Å². The minimum absolute atomic E-state index is 0.0563. The van der Waals surface area contributed by atoms with E-state index in [2.05, 4.69) is 5.32 Å². The van der Waals surface area contributed by atoms with Crippen LogP contribution in [0, 0.1) is 11.2 Å². The van der Waals surface area contributed by atoms with Gasteiger partial charge in [0.15, 0.2) is 6.79 Å². The summed E-state index contributed by atoms with van der Waals surface area (Å²) >= 11 is 13.4. The van der Waals surface area contributed by atoms with Crippen LogP contribution in [0.3, 0.4) is 0 Å². The maximum atomic E-state index is 13.7. The van der Waals surface area contributed by atoms with E-state index in [1.165, 1.54) is 48.5 Å². The van der Waals surface area contributed by atoms with Crippen LogP contribution in [0.2, 0.25) is 10.0 Å². The van der Waals surface area contributed by atoms with Gasteiger partial charge in [-0.05, 0) is 79.1 Å². The maximum Gasteiger partial charge on any atom is 0.313 e. The third kappa shape index (κ3) is 6.96. The minimum Gasteiger partial charge on any atom is -0.438 e. The molecule has 3 aromatic rings. The lowest BCUT2D eigenvalue weighted by atomic mass is 9.98. The van der Waals surface area contributed by atoms with Crippen molar-refractivity contribution in [2.24, 2.45) is 5.41 Å². The zero-order chi connectivity index (χ0) is 26.7. The fraction of sp³-hybridized carbons (Fsp3) is 0.280. The van der Waals surface area contributed by atoms with Crippen molar-refractivity contribution in [1.82, 2.24) is 5.32 Å². The highest BCUT2D eigenvalue weighted by molar-refractivity contribution is 7.59. The predicted octanol–water partition coefficient (Wildman–Crippen LogP) is 7.65. The summed E-state index contributed by atoms with van der Waals surface area (Å²) in [7, 11) is -3.73. The fourth-order valence-corrected chi connectivity index (χ4v) is 6.29. The number of amides is 1. The van der Waals surface area contributed by atoms with Crippen molar-refractivity contribution in [2.45, 2.75) is 26.4 Å². The summed E-state index contributed by atoms with van der Waals surface area (Å²) in [5.74, 6) is -1.69. The molecule has 192 valence electrons. The molecule has 0 bridgehead atoms. The molecule has 0 saturated heterocycles. The molecule has 2 atom stereocenters. The summed E-state index contributed by atoms with van der Waals surface area (Å²) in [6.45, 7) is 5.79. The summed E-state index contributed by atoms with van der Waals surface area (Å²) < 4.78 is 38.6. The minimum atomic E-state index is -3.73. The maximum absolute atomic E-state index is 13.7. The summed E-state index contributed by atoms with van der Waals surface area (Å²) in [5.41, 5.74) is -0.969. The van der Waals surface area contributed by atoms with Crippen LogP contribution in [0.1, 0.15) is 37.6 Å². The molecule has 0 saturated carbocycles. The Balaban J connectivity index is 1.89. The van der Waals surface area contributed by atoms with Crippen molar-refractivity contribution in [3.8, 4) is 0 Å². The van der Waals surface area contributed by atoms with Gasteiger partial charge in [-0.2, -0.15) is 0 Å². The van der Waals surface area contributed by atoms with Crippen LogP contribution >= 0.6 is 41.9 Å². The zero-order valence-corrected chi connectivity index (χ0v) is 23.2. The van der Waals surface area contributed by atoms with Crippen LogP contribution in [0.25, 0.3) is 16.2 Å². The summed E-state index contributed by atoms with van der Waals surface area (Å²) in [5, 5.41) is 5.42. The first kappa shape index (κ1) is 28.4. The van der Waals surface area contributed by atoms with Crippen LogP contribution < -0.4 is 5.32 Å². The molecule has 2 aromatic carbocycles. The van der Waals surface area contributed by atoms with Gasteiger partial charge >= 0.3 is 5.97 Å². The molecule has 36 heavy (non-hydrogen) atoms. The van der Waals surface area contributed by atoms with E-state index in [-0.39, 0.29) is 5.02 Å². The molecule has 1 aromatic heterocycles. The van der Waals surface area contributed by atoms with Crippen molar-refractivity contribution in [1.29, 1.82) is 0 Å². The van der Waals surface area contributed by atoms with Crippen LogP contribution in [0.15, 0.2) is 48.0 Å². The molecular weight excluding hydrogens is 547 g/mol. The Hall–Kier alpha value is -2.22. The number of rotatable bonds is 8. The van der Waals surface area contributed by atoms with Gasteiger partial charge in [0, 0.05) is 22.6 Å². The average molecular weight is 572 g/mol. The van der Waals surface area contributed by atoms with E-state index in [0.717, 1.165) is 4.70 Å². The first-order valence-corrected chi connectivity index (χ1v) is 14.5. The second kappa shape index (κ2) is 11.4. The van der Waals surface area contributed by atoms with Gasteiger partial charge in [-0.15, -0.1) is 11.3 Å². The second-order valence-corrected chi connectivity index (χ2v) is 13.4. The molecule has 0 aliphatic heterocycles. The van der Waals surface area contributed by atoms with E-state index in [9.17, 15) is 18.5 Å². The lowest BCUT2D eigenvalue weighted by Gasteiger charge is -2.24. The highest BCUT2D eigenvalue weighted by Crippen LogP contribution is 2.59. The Labute approximate surface area is 222 Å². The smallest absolute Gasteiger partial charge is 0.313 e. The summed E-state index contributed by atoms with van der Waals surface area (Å²) in [6, 6.07) is 9.34. The van der Waals surface area contributed by atoms with Crippen LogP contribution in [0.5, 0.6) is 0 Å². The number of hydrogen-bond acceptors (Lipinski definition) is 6. The standard InChI is InChI=1S/C25H25Cl2FNO5PS/c1-25(2,3)24(31)33-14-34-35(4,32)22(18-13-36-21-8-6-16(26)12-17(18)21)23(30)29-10-9-15-5-7-20(28)19(27)11-15/h5-13,22H,14H2,1-4H3,(H,29,30)/b10-9+. The summed E-state index contributed by atoms with van der Waals surface area (Å²) in [6.07, 6.45) is 2.87. The molecule has 0 aliphatic carbocycles. The van der Waals surface area contributed by atoms with Gasteiger partial charge in [-0.3, -0.25) is 18.7 Å². The van der Waals surface area contributed by atoms with Gasteiger partial charge in [0.1, 0.15) is 11.5 Å². The number of carbonyl (C=O) groups excluding carboxylic acids is 2. The van der Waals surface area contributed by atoms with Gasteiger partial charge in [0.2, 0.25) is 13.3 Å². The quantitative estimate of drug-likeness (QED) is 0.170. The van der Waals surface area contributed by atoms with Crippen molar-refractivity contribution in [3.05, 3.63) is 75.0 Å². The third-order valence-corrected chi connectivity index (χ3v) is 8.71. The van der Waals surface area contributed by atoms with E-state index in [1.54, 1.807) is 38.3 Å². The normalized spacial score (nSPS) is 14.5. The van der Waals surface area contributed by atoms with Crippen LogP contribution in [-0.2, 0) is 23.4 Å². The number of carbonyl (C=O) groups is 2. The third-order valence-electron chi connectivity index (χ3n) is 5.13. The first-order valence-electron chi connectivity index (χ1n) is 10.8. The molecule has 6 nitrogen and oxygen atoms in total. The topological polar surface area (TPSA) is 81.7 Å². The van der Waals surface area contributed by atoms with Crippen molar-refractivity contribution in [3.63, 3.8) is 0 Å². The number of hydrogen-bond donors (Lipinski definition) is 1. The lowest BCUT2D eigenvalue weighted by molar-refractivity contribution is -0.159. The Morgan fingerprint density at radius 2 is 1.92 bits per heavy atom. The predicted molar refractivity (Wildman–Crippen MR) is 143 cm³/mol. The number of benzene rings is 2. The molecule has 1 amide bonds. The molecule has 0 fully saturated rings. The van der Waals surface area contributed by atoms with E-state index in [4.69, 9.17) is 32.5 Å². The van der Waals surface area contributed by atoms with Crippen molar-refractivity contribution >= 4 is 69.9 Å². The SMILES string of the molecule is CC(C)(C)C(=O)OCOP(C)(=O)C(C(=O)N/C=C/c1ccc(F)c(Cl)c1)c1csc2ccc(Cl)cc12. The molecule has 0 radical (unpaired) electrons. The first-order chi connectivity index (χ1) is 16.8. The zero-order valence-electron chi connectivity index (χ0n) is 20.0. The second-order valence-electron chi connectivity index (χ2n) is 9.09. The van der Waals surface area contributed by atoms with Crippen molar-refractivity contribution in [2.75, 3.05) is 13.5 Å². The molecule has 3 rings (SSSR count). The van der Waals surface area contributed by atoms with Gasteiger partial charge in [0.05, 0.1) is 10.4 Å². The number of thiophene rings is 1. The number of esters is 1. The van der Waals surface area contributed by atoms with Gasteiger partial charge in [-0.25, -0.2) is 4.39 Å². The largest absolute Gasteiger partial charge is 0.438 e. The highest BCUT2D eigenvalue weighted by atomic mass is 35.5. The molecule has 1 N–H and O–H groups in total. The number of nitrogens with one attached hydrogen (secondary N) is 1. The Bertz CT molecular complexity index is 1370. The van der Waals surface area contributed by atoms with E-state index in [0.29, 0.717) is 21.5 Å². The number of ether oxygens (including phenoxy) is 1. The Morgan fingerprint density at radius 3 is 2.58 bits per heavy atom. The molecule has 2 unspecified atom stereocenters. The highest BCUT2D eigenvalue weighted by Gasteiger charge is 2.39. The molecule has 11 heteroatoms. The summed E-state index contributed by atoms with van der Waals surface area (Å²) in [4.78, 5) is 25.4. The van der Waals surface area contributed by atoms with E-state index < -0.39 is 42.9 Å². The van der Waals surface area contributed by atoms with E-state index in [1.807, 2.05) is 6.07 Å². The molecule has 1 heterocycles. The molecule has 0 spiro atoms. The lowest BCUT2D eigenvalue weighted by Crippen LogP contribution is -2.27. The van der Waals surface area contributed by atoms with E-state index >= 15 is 0 Å². The number of fused-ring (bicyclic) bond motifs is 1. The van der Waals surface area contributed by atoms with Gasteiger partial charge in [-0.1, -0.05) is 29.3 Å². The average Bonchev–Trinajstić information content (AvgIpc) is 3.17. The van der Waals surface area contributed by atoms with Gasteiger partial charge < -0.3 is 10.1 Å². The fourth-order valence-electron chi connectivity index (χ4n) is 3.23. The Morgan fingerprint density at radius 1 is 1.19 bits per heavy atom. The monoisotopic (exact) mass is 571 g/mol. The molecule has 0 aliphatic rings. The van der Waals surface area contributed by atoms with Crippen LogP contribution in [-0.4, -0.2) is 25.3 Å². The van der Waals surface area contributed by atoms with Crippen molar-refractivity contribution < 1.29 is 27.8 Å². The molecular formula is C25H25Cl2FNO5PS.